The summed E-state index contributed by atoms with van der Waals surface area (Å²) in [4.78, 5) is 11.6. The Morgan fingerprint density at radius 3 is 2.81 bits per heavy atom. The molecule has 1 fully saturated rings. The second-order valence-corrected chi connectivity index (χ2v) is 6.21. The van der Waals surface area contributed by atoms with E-state index in [1.54, 1.807) is 11.8 Å². The van der Waals surface area contributed by atoms with Crippen molar-refractivity contribution >= 4 is 17.9 Å². The molecule has 0 aromatic rings. The fourth-order valence-electron chi connectivity index (χ4n) is 1.62. The molecule has 1 aliphatic rings. The van der Waals surface area contributed by atoms with E-state index >= 15 is 0 Å². The number of hydrogen-bond acceptors (Lipinski definition) is 4. The number of amides is 1. The highest BCUT2D eigenvalue weighted by molar-refractivity contribution is 7.99. The predicted molar refractivity (Wildman–Crippen MR) is 65.7 cm³/mol. The van der Waals surface area contributed by atoms with Crippen LogP contribution in [0.1, 0.15) is 27.2 Å². The summed E-state index contributed by atoms with van der Waals surface area (Å²) in [5.41, 5.74) is -0.472. The average Bonchev–Trinajstić information content (AvgIpc) is 2.15. The normalized spacial score (nSPS) is 26.2. The summed E-state index contributed by atoms with van der Waals surface area (Å²) in [7, 11) is 0. The first-order chi connectivity index (χ1) is 7.42. The molecule has 16 heavy (non-hydrogen) atoms. The highest BCUT2D eigenvalue weighted by Crippen LogP contribution is 2.23. The van der Waals surface area contributed by atoms with Gasteiger partial charge in [0.05, 0.1) is 0 Å². The molecule has 2 atom stereocenters. The van der Waals surface area contributed by atoms with Crippen molar-refractivity contribution in [1.82, 2.24) is 5.32 Å². The second-order valence-electron chi connectivity index (χ2n) is 5.06. The SMILES string of the molecule is CC(C)(C)OC(=O)N[C@@H]1CSCC[C@@H]1CO. The number of rotatable bonds is 2. The van der Waals surface area contributed by atoms with Gasteiger partial charge < -0.3 is 15.2 Å². The predicted octanol–water partition coefficient (Wildman–Crippen LogP) is 1.63. The van der Waals surface area contributed by atoms with E-state index in [9.17, 15) is 9.90 Å². The number of aliphatic hydroxyl groups excluding tert-OH is 1. The Kier molecular flexibility index (Phi) is 4.92. The van der Waals surface area contributed by atoms with Gasteiger partial charge in [0, 0.05) is 24.3 Å². The molecule has 0 bridgehead atoms. The molecule has 0 aliphatic carbocycles. The molecule has 1 rings (SSSR count). The summed E-state index contributed by atoms with van der Waals surface area (Å²) in [6, 6.07) is 0.0265. The number of alkyl carbamates (subject to hydrolysis) is 1. The minimum Gasteiger partial charge on any atom is -0.444 e. The summed E-state index contributed by atoms with van der Waals surface area (Å²) in [6.07, 6.45) is 0.556. The third-order valence-corrected chi connectivity index (χ3v) is 3.56. The number of hydrogen-bond donors (Lipinski definition) is 2. The zero-order chi connectivity index (χ0) is 12.2. The molecule has 4 nitrogen and oxygen atoms in total. The van der Waals surface area contributed by atoms with Crippen LogP contribution in [0.4, 0.5) is 4.79 Å². The van der Waals surface area contributed by atoms with Crippen LogP contribution >= 0.6 is 11.8 Å². The summed E-state index contributed by atoms with van der Waals surface area (Å²) >= 11 is 1.80. The third kappa shape index (κ3) is 4.61. The molecule has 0 saturated carbocycles. The summed E-state index contributed by atoms with van der Waals surface area (Å²) < 4.78 is 5.19. The number of aliphatic hydroxyl groups is 1. The minimum absolute atomic E-state index is 0.0265. The van der Waals surface area contributed by atoms with Gasteiger partial charge in [0.25, 0.3) is 0 Å². The smallest absolute Gasteiger partial charge is 0.407 e. The van der Waals surface area contributed by atoms with Crippen molar-refractivity contribution in [2.75, 3.05) is 18.1 Å². The van der Waals surface area contributed by atoms with E-state index in [0.717, 1.165) is 17.9 Å². The average molecular weight is 247 g/mol. The standard InChI is InChI=1S/C11H21NO3S/c1-11(2,3)15-10(14)12-9-7-16-5-4-8(9)6-13/h8-9,13H,4-7H2,1-3H3,(H,12,14)/t8-,9-/m1/s1. The van der Waals surface area contributed by atoms with E-state index in [-0.39, 0.29) is 18.6 Å². The maximum absolute atomic E-state index is 11.6. The first kappa shape index (κ1) is 13.6. The third-order valence-electron chi connectivity index (χ3n) is 2.44. The largest absolute Gasteiger partial charge is 0.444 e. The van der Waals surface area contributed by atoms with Crippen LogP contribution in [-0.2, 0) is 4.74 Å². The van der Waals surface area contributed by atoms with Crippen LogP contribution in [0.2, 0.25) is 0 Å². The van der Waals surface area contributed by atoms with Gasteiger partial charge in [0.15, 0.2) is 0 Å². The molecular formula is C11H21NO3S. The summed E-state index contributed by atoms with van der Waals surface area (Å²) in [5.74, 6) is 2.07. The Morgan fingerprint density at radius 1 is 1.56 bits per heavy atom. The van der Waals surface area contributed by atoms with E-state index in [4.69, 9.17) is 4.74 Å². The van der Waals surface area contributed by atoms with Gasteiger partial charge in [-0.15, -0.1) is 0 Å². The van der Waals surface area contributed by atoms with Crippen molar-refractivity contribution in [2.24, 2.45) is 5.92 Å². The van der Waals surface area contributed by atoms with Crippen molar-refractivity contribution in [2.45, 2.75) is 38.8 Å². The molecule has 1 amide bonds. The van der Waals surface area contributed by atoms with Gasteiger partial charge in [-0.05, 0) is 32.9 Å². The van der Waals surface area contributed by atoms with E-state index in [2.05, 4.69) is 5.32 Å². The summed E-state index contributed by atoms with van der Waals surface area (Å²) in [6.45, 7) is 5.64. The van der Waals surface area contributed by atoms with Gasteiger partial charge >= 0.3 is 6.09 Å². The quantitative estimate of drug-likeness (QED) is 0.778. The molecule has 1 heterocycles. The zero-order valence-corrected chi connectivity index (χ0v) is 11.0. The molecule has 0 aromatic carbocycles. The zero-order valence-electron chi connectivity index (χ0n) is 10.2. The molecule has 0 radical (unpaired) electrons. The van der Waals surface area contributed by atoms with Gasteiger partial charge in [-0.3, -0.25) is 0 Å². The van der Waals surface area contributed by atoms with Crippen LogP contribution in [-0.4, -0.2) is 41.0 Å². The first-order valence-corrected chi connectivity index (χ1v) is 6.76. The van der Waals surface area contributed by atoms with Crippen LogP contribution < -0.4 is 5.32 Å². The van der Waals surface area contributed by atoms with Crippen LogP contribution in [0.25, 0.3) is 0 Å². The molecule has 0 unspecified atom stereocenters. The van der Waals surface area contributed by atoms with Crippen LogP contribution in [0.5, 0.6) is 0 Å². The lowest BCUT2D eigenvalue weighted by Crippen LogP contribution is -2.47. The van der Waals surface area contributed by atoms with Crippen molar-refractivity contribution in [1.29, 1.82) is 0 Å². The highest BCUT2D eigenvalue weighted by atomic mass is 32.2. The van der Waals surface area contributed by atoms with Crippen molar-refractivity contribution in [3.63, 3.8) is 0 Å². The number of nitrogens with one attached hydrogen (secondary N) is 1. The van der Waals surface area contributed by atoms with Crippen molar-refractivity contribution < 1.29 is 14.6 Å². The van der Waals surface area contributed by atoms with E-state index in [1.165, 1.54) is 0 Å². The Hall–Kier alpha value is -0.420. The monoisotopic (exact) mass is 247 g/mol. The lowest BCUT2D eigenvalue weighted by Gasteiger charge is -2.31. The summed E-state index contributed by atoms with van der Waals surface area (Å²) in [5, 5.41) is 12.0. The molecule has 2 N–H and O–H groups in total. The van der Waals surface area contributed by atoms with Gasteiger partial charge in [-0.2, -0.15) is 11.8 Å². The number of carbonyl (C=O) groups excluding carboxylic acids is 1. The second kappa shape index (κ2) is 5.77. The maximum atomic E-state index is 11.6. The highest BCUT2D eigenvalue weighted by Gasteiger charge is 2.27. The Labute approximate surface area is 101 Å². The molecule has 1 saturated heterocycles. The van der Waals surface area contributed by atoms with Gasteiger partial charge in [-0.25, -0.2) is 4.79 Å². The van der Waals surface area contributed by atoms with Gasteiger partial charge in [0.2, 0.25) is 0 Å². The Morgan fingerprint density at radius 2 is 2.25 bits per heavy atom. The molecule has 0 aromatic heterocycles. The van der Waals surface area contributed by atoms with Gasteiger partial charge in [0.1, 0.15) is 5.60 Å². The molecule has 1 aliphatic heterocycles. The van der Waals surface area contributed by atoms with Gasteiger partial charge in [-0.1, -0.05) is 0 Å². The Bertz CT molecular complexity index is 240. The molecule has 0 spiro atoms. The van der Waals surface area contributed by atoms with E-state index in [0.29, 0.717) is 0 Å². The molecular weight excluding hydrogens is 226 g/mol. The van der Waals surface area contributed by atoms with Crippen molar-refractivity contribution in [3.05, 3.63) is 0 Å². The Balaban J connectivity index is 2.42. The number of thioether (sulfide) groups is 1. The maximum Gasteiger partial charge on any atom is 0.407 e. The number of carbonyl (C=O) groups is 1. The number of ether oxygens (including phenoxy) is 1. The lowest BCUT2D eigenvalue weighted by atomic mass is 9.99. The van der Waals surface area contributed by atoms with Crippen LogP contribution in [0, 0.1) is 5.92 Å². The lowest BCUT2D eigenvalue weighted by molar-refractivity contribution is 0.0478. The first-order valence-electron chi connectivity index (χ1n) is 5.60. The fourth-order valence-corrected chi connectivity index (χ4v) is 2.86. The minimum atomic E-state index is -0.472. The fraction of sp³-hybridized carbons (Fsp3) is 0.909. The van der Waals surface area contributed by atoms with Crippen LogP contribution in [0.3, 0.4) is 0 Å². The van der Waals surface area contributed by atoms with E-state index < -0.39 is 11.7 Å². The molecule has 5 heteroatoms. The van der Waals surface area contributed by atoms with E-state index in [1.807, 2.05) is 20.8 Å². The topological polar surface area (TPSA) is 58.6 Å². The van der Waals surface area contributed by atoms with Crippen molar-refractivity contribution in [3.8, 4) is 0 Å². The van der Waals surface area contributed by atoms with Crippen LogP contribution in [0.15, 0.2) is 0 Å². The molecule has 94 valence electrons.